The zero-order valence-electron chi connectivity index (χ0n) is 17.9. The van der Waals surface area contributed by atoms with Crippen molar-refractivity contribution in [2.75, 3.05) is 43.9 Å². The Hall–Kier alpha value is -2.92. The molecule has 1 atom stereocenters. The topological polar surface area (TPSA) is 94.6 Å². The fraction of sp³-hybridized carbons (Fsp3) is 0.429. The number of thiazole rings is 1. The minimum Gasteiger partial charge on any atom is -0.340 e. The molecule has 11 heteroatoms. The molecule has 2 heterocycles. The molecule has 0 saturated carbocycles. The fourth-order valence-electron chi connectivity index (χ4n) is 3.34. The predicted octanol–water partition coefficient (Wildman–Crippen LogP) is 2.80. The smallest absolute Gasteiger partial charge is 0.257 e. The Morgan fingerprint density at radius 3 is 2.34 bits per heavy atom. The van der Waals surface area contributed by atoms with Crippen LogP contribution in [0.15, 0.2) is 23.7 Å². The third-order valence-corrected chi connectivity index (χ3v) is 5.82. The number of piperazine rings is 1. The fourth-order valence-corrected chi connectivity index (χ4v) is 3.86. The Labute approximate surface area is 188 Å². The number of benzene rings is 1. The molecule has 2 N–H and O–H groups in total. The highest BCUT2D eigenvalue weighted by atomic mass is 32.1. The van der Waals surface area contributed by atoms with E-state index in [0.29, 0.717) is 18.2 Å². The molecule has 0 aliphatic carbocycles. The van der Waals surface area contributed by atoms with Crippen molar-refractivity contribution >= 4 is 39.9 Å². The van der Waals surface area contributed by atoms with Gasteiger partial charge in [0, 0.05) is 56.2 Å². The van der Waals surface area contributed by atoms with Crippen molar-refractivity contribution in [3.63, 3.8) is 0 Å². The van der Waals surface area contributed by atoms with Gasteiger partial charge in [-0.2, -0.15) is 0 Å². The van der Waals surface area contributed by atoms with Gasteiger partial charge in [0.2, 0.25) is 11.8 Å². The van der Waals surface area contributed by atoms with Crippen molar-refractivity contribution in [2.24, 2.45) is 5.92 Å². The second kappa shape index (κ2) is 10.6. The van der Waals surface area contributed by atoms with Crippen LogP contribution in [-0.2, 0) is 9.59 Å². The highest BCUT2D eigenvalue weighted by Crippen LogP contribution is 2.23. The maximum atomic E-state index is 14.4. The molecule has 172 valence electrons. The van der Waals surface area contributed by atoms with Gasteiger partial charge >= 0.3 is 0 Å². The largest absolute Gasteiger partial charge is 0.340 e. The summed E-state index contributed by atoms with van der Waals surface area (Å²) in [6.07, 6.45) is 1.60. The van der Waals surface area contributed by atoms with Crippen LogP contribution < -0.4 is 10.6 Å². The van der Waals surface area contributed by atoms with Crippen molar-refractivity contribution in [3.8, 4) is 0 Å². The van der Waals surface area contributed by atoms with Crippen molar-refractivity contribution in [1.82, 2.24) is 14.8 Å². The number of amides is 3. The average molecular weight is 466 g/mol. The number of hydrogen-bond donors (Lipinski definition) is 2. The summed E-state index contributed by atoms with van der Waals surface area (Å²) >= 11 is 1.17. The van der Waals surface area contributed by atoms with E-state index in [4.69, 9.17) is 0 Å². The third kappa shape index (κ3) is 6.30. The average Bonchev–Trinajstić information content (AvgIpc) is 3.23. The monoisotopic (exact) mass is 465 g/mol. The van der Waals surface area contributed by atoms with Crippen LogP contribution >= 0.6 is 11.3 Å². The Balaban J connectivity index is 1.55. The third-order valence-electron chi connectivity index (χ3n) is 5.13. The quantitative estimate of drug-likeness (QED) is 0.656. The summed E-state index contributed by atoms with van der Waals surface area (Å²) in [5, 5.41) is 6.60. The van der Waals surface area contributed by atoms with Crippen LogP contribution in [0.4, 0.5) is 19.6 Å². The van der Waals surface area contributed by atoms with Gasteiger partial charge in [0.25, 0.3) is 5.91 Å². The number of likely N-dealkylation sites (N-methyl/N-ethyl adjacent to an activating group) is 1. The molecule has 0 unspecified atom stereocenters. The lowest BCUT2D eigenvalue weighted by molar-refractivity contribution is -0.133. The van der Waals surface area contributed by atoms with E-state index in [-0.39, 0.29) is 30.2 Å². The Bertz CT molecular complexity index is 955. The maximum absolute atomic E-state index is 14.4. The number of halogens is 2. The molecule has 0 bridgehead atoms. The van der Waals surface area contributed by atoms with E-state index in [2.05, 4.69) is 20.5 Å². The van der Waals surface area contributed by atoms with E-state index in [1.54, 1.807) is 17.2 Å². The van der Waals surface area contributed by atoms with Crippen molar-refractivity contribution in [3.05, 3.63) is 40.9 Å². The van der Waals surface area contributed by atoms with Crippen LogP contribution in [0.2, 0.25) is 0 Å². The molecule has 1 aliphatic rings. The molecular weight excluding hydrogens is 440 g/mol. The van der Waals surface area contributed by atoms with Gasteiger partial charge in [-0.25, -0.2) is 13.8 Å². The number of carbonyl (C=O) groups is 3. The number of aromatic nitrogens is 1. The molecule has 1 aromatic heterocycles. The van der Waals surface area contributed by atoms with Gasteiger partial charge in [0.1, 0.15) is 5.69 Å². The van der Waals surface area contributed by atoms with Gasteiger partial charge in [0.15, 0.2) is 16.8 Å². The molecule has 0 radical (unpaired) electrons. The SMILES string of the molecule is C[C@H](CC(=O)Nc1c(F)cc(C(=O)Nc2nccs2)cc1F)CC(=O)N1CCN(C)CC1. The first-order valence-electron chi connectivity index (χ1n) is 10.2. The van der Waals surface area contributed by atoms with Crippen LogP contribution in [0.25, 0.3) is 0 Å². The molecule has 2 aromatic rings. The minimum absolute atomic E-state index is 0.0358. The summed E-state index contributed by atoms with van der Waals surface area (Å²) in [4.78, 5) is 44.6. The molecule has 1 aliphatic heterocycles. The zero-order valence-corrected chi connectivity index (χ0v) is 18.7. The molecule has 1 saturated heterocycles. The summed E-state index contributed by atoms with van der Waals surface area (Å²) < 4.78 is 28.8. The molecule has 3 rings (SSSR count). The Morgan fingerprint density at radius 2 is 1.75 bits per heavy atom. The lowest BCUT2D eigenvalue weighted by Gasteiger charge is -2.33. The first kappa shape index (κ1) is 23.7. The summed E-state index contributed by atoms with van der Waals surface area (Å²) in [7, 11) is 1.99. The second-order valence-corrected chi connectivity index (χ2v) is 8.75. The summed E-state index contributed by atoms with van der Waals surface area (Å²) in [5.41, 5.74) is -0.863. The predicted molar refractivity (Wildman–Crippen MR) is 118 cm³/mol. The van der Waals surface area contributed by atoms with Crippen LogP contribution in [0.5, 0.6) is 0 Å². The molecule has 8 nitrogen and oxygen atoms in total. The summed E-state index contributed by atoms with van der Waals surface area (Å²) in [6.45, 7) is 4.64. The Morgan fingerprint density at radius 1 is 1.09 bits per heavy atom. The summed E-state index contributed by atoms with van der Waals surface area (Å²) in [6, 6.07) is 1.70. The number of nitrogens with one attached hydrogen (secondary N) is 2. The van der Waals surface area contributed by atoms with E-state index in [1.165, 1.54) is 17.5 Å². The molecule has 1 aromatic carbocycles. The molecule has 32 heavy (non-hydrogen) atoms. The number of carbonyl (C=O) groups excluding carboxylic acids is 3. The van der Waals surface area contributed by atoms with Crippen LogP contribution in [-0.4, -0.2) is 65.7 Å². The van der Waals surface area contributed by atoms with Crippen molar-refractivity contribution < 1.29 is 23.2 Å². The van der Waals surface area contributed by atoms with E-state index in [9.17, 15) is 23.2 Å². The van der Waals surface area contributed by atoms with Gasteiger partial charge < -0.3 is 15.1 Å². The number of nitrogens with zero attached hydrogens (tertiary/aromatic N) is 3. The number of anilines is 2. The summed E-state index contributed by atoms with van der Waals surface area (Å²) in [5.74, 6) is -3.79. The first-order chi connectivity index (χ1) is 15.2. The lowest BCUT2D eigenvalue weighted by Crippen LogP contribution is -2.47. The van der Waals surface area contributed by atoms with Gasteiger partial charge in [-0.15, -0.1) is 11.3 Å². The van der Waals surface area contributed by atoms with Gasteiger partial charge in [0.05, 0.1) is 0 Å². The zero-order chi connectivity index (χ0) is 23.3. The molecule has 3 amide bonds. The van der Waals surface area contributed by atoms with E-state index < -0.39 is 29.1 Å². The lowest BCUT2D eigenvalue weighted by atomic mass is 10.0. The standard InChI is InChI=1S/C21H25F2N5O3S/c1-13(10-18(30)28-6-4-27(2)5-7-28)9-17(29)25-19-15(22)11-14(12-16(19)23)20(31)26-21-24-3-8-32-21/h3,8,11-13H,4-7,9-10H2,1-2H3,(H,25,29)(H,24,26,31)/t13-/m1/s1. The van der Waals surface area contributed by atoms with Crippen molar-refractivity contribution in [2.45, 2.75) is 19.8 Å². The molecule has 0 spiro atoms. The van der Waals surface area contributed by atoms with Gasteiger partial charge in [-0.3, -0.25) is 19.7 Å². The minimum atomic E-state index is -1.07. The molecule has 1 fully saturated rings. The van der Waals surface area contributed by atoms with E-state index in [1.807, 2.05) is 7.05 Å². The first-order valence-corrected chi connectivity index (χ1v) is 11.1. The highest BCUT2D eigenvalue weighted by Gasteiger charge is 2.23. The van der Waals surface area contributed by atoms with Crippen LogP contribution in [0.1, 0.15) is 30.1 Å². The molecular formula is C21H25F2N5O3S. The van der Waals surface area contributed by atoms with Crippen LogP contribution in [0, 0.1) is 17.6 Å². The van der Waals surface area contributed by atoms with Crippen molar-refractivity contribution in [1.29, 1.82) is 0 Å². The van der Waals surface area contributed by atoms with Gasteiger partial charge in [-0.05, 0) is 25.1 Å². The van der Waals surface area contributed by atoms with Crippen LogP contribution in [0.3, 0.4) is 0 Å². The number of rotatable bonds is 7. The Kier molecular flexibility index (Phi) is 7.86. The highest BCUT2D eigenvalue weighted by molar-refractivity contribution is 7.13. The van der Waals surface area contributed by atoms with E-state index >= 15 is 0 Å². The van der Waals surface area contributed by atoms with Gasteiger partial charge in [-0.1, -0.05) is 6.92 Å². The number of hydrogen-bond acceptors (Lipinski definition) is 6. The van der Waals surface area contributed by atoms with E-state index in [0.717, 1.165) is 25.2 Å². The normalized spacial score (nSPS) is 15.3. The second-order valence-electron chi connectivity index (χ2n) is 7.85. The maximum Gasteiger partial charge on any atom is 0.257 e.